The van der Waals surface area contributed by atoms with E-state index in [2.05, 4.69) is 17.5 Å². The van der Waals surface area contributed by atoms with Crippen LogP contribution in [0.5, 0.6) is 0 Å². The SMILES string of the molecule is O=C(NCc1ccco1)c1ccc(N2C(=O)[C@H]3[C@@H]4C=C[C@H]([C@H]5C[C@H]45)[C@@H]3C2=O)cc1. The van der Waals surface area contributed by atoms with Crippen LogP contribution >= 0.6 is 0 Å². The van der Waals surface area contributed by atoms with Crippen LogP contribution in [-0.2, 0) is 16.1 Å². The summed E-state index contributed by atoms with van der Waals surface area (Å²) in [5, 5.41) is 2.79. The highest BCUT2D eigenvalue weighted by atomic mass is 16.3. The maximum absolute atomic E-state index is 13.1. The Hall–Kier alpha value is -3.15. The molecular formula is C23H20N2O4. The van der Waals surface area contributed by atoms with Crippen LogP contribution in [0.1, 0.15) is 22.5 Å². The van der Waals surface area contributed by atoms with Gasteiger partial charge in [-0.25, -0.2) is 0 Å². The predicted octanol–water partition coefficient (Wildman–Crippen LogP) is 2.77. The van der Waals surface area contributed by atoms with Crippen LogP contribution in [0.15, 0.2) is 59.2 Å². The standard InChI is InChI=1S/C23H20N2O4/c26-21(24-11-14-2-1-9-29-14)12-3-5-13(6-4-12)25-22(27)19-15-7-8-16(18-10-17(15)18)20(19)23(25)28/h1-9,15-20H,10-11H2,(H,24,26)/t15-,16-,17-,18-,19+,20+/m1/s1. The van der Waals surface area contributed by atoms with Crippen molar-refractivity contribution < 1.29 is 18.8 Å². The first-order valence-electron chi connectivity index (χ1n) is 10.1. The fourth-order valence-corrected chi connectivity index (χ4v) is 5.66. The van der Waals surface area contributed by atoms with Crippen LogP contribution in [0, 0.1) is 35.5 Å². The van der Waals surface area contributed by atoms with Crippen LogP contribution in [0.3, 0.4) is 0 Å². The molecule has 1 aliphatic heterocycles. The van der Waals surface area contributed by atoms with Gasteiger partial charge in [-0.2, -0.15) is 0 Å². The van der Waals surface area contributed by atoms with E-state index in [9.17, 15) is 14.4 Å². The Balaban J connectivity index is 1.21. The molecule has 146 valence electrons. The first kappa shape index (κ1) is 16.8. The number of carbonyl (C=O) groups excluding carboxylic acids is 3. The molecule has 5 aliphatic rings. The summed E-state index contributed by atoms with van der Waals surface area (Å²) in [4.78, 5) is 40.0. The van der Waals surface area contributed by atoms with Gasteiger partial charge >= 0.3 is 0 Å². The molecule has 1 aromatic heterocycles. The monoisotopic (exact) mass is 388 g/mol. The molecule has 0 radical (unpaired) electrons. The van der Waals surface area contributed by atoms with Crippen molar-refractivity contribution in [2.24, 2.45) is 35.5 Å². The quantitative estimate of drug-likeness (QED) is 0.645. The van der Waals surface area contributed by atoms with Crippen LogP contribution < -0.4 is 10.2 Å². The number of imide groups is 1. The molecule has 1 aromatic carbocycles. The van der Waals surface area contributed by atoms with Crippen molar-refractivity contribution in [3.8, 4) is 0 Å². The lowest BCUT2D eigenvalue weighted by atomic mass is 9.63. The van der Waals surface area contributed by atoms with E-state index in [0.717, 1.165) is 6.42 Å². The van der Waals surface area contributed by atoms with E-state index in [1.807, 2.05) is 0 Å². The van der Waals surface area contributed by atoms with Gasteiger partial charge in [0.25, 0.3) is 5.91 Å². The topological polar surface area (TPSA) is 79.6 Å². The van der Waals surface area contributed by atoms with Crippen molar-refractivity contribution in [1.82, 2.24) is 5.32 Å². The number of rotatable bonds is 4. The molecule has 0 unspecified atom stereocenters. The van der Waals surface area contributed by atoms with Crippen LogP contribution in [0.25, 0.3) is 0 Å². The van der Waals surface area contributed by atoms with Gasteiger partial charge < -0.3 is 9.73 Å². The maximum atomic E-state index is 13.1. The second-order valence-electron chi connectivity index (χ2n) is 8.48. The average Bonchev–Trinajstić information content (AvgIpc) is 3.33. The Labute approximate surface area is 167 Å². The third-order valence-corrected chi connectivity index (χ3v) is 7.05. The molecule has 2 heterocycles. The molecule has 2 bridgehead atoms. The van der Waals surface area contributed by atoms with Crippen LogP contribution in [0.2, 0.25) is 0 Å². The molecule has 3 amide bonds. The van der Waals surface area contributed by atoms with Gasteiger partial charge in [0.1, 0.15) is 5.76 Å². The summed E-state index contributed by atoms with van der Waals surface area (Å²) in [6, 6.07) is 10.2. The van der Waals surface area contributed by atoms with Crippen LogP contribution in [0.4, 0.5) is 5.69 Å². The molecule has 4 aliphatic carbocycles. The highest BCUT2D eigenvalue weighted by Gasteiger charge is 2.67. The van der Waals surface area contributed by atoms with Gasteiger partial charge in [-0.3, -0.25) is 19.3 Å². The Bertz CT molecular complexity index is 1000. The summed E-state index contributed by atoms with van der Waals surface area (Å²) >= 11 is 0. The zero-order valence-electron chi connectivity index (χ0n) is 15.7. The van der Waals surface area contributed by atoms with E-state index < -0.39 is 0 Å². The minimum absolute atomic E-state index is 0.0836. The summed E-state index contributed by atoms with van der Waals surface area (Å²) in [5.41, 5.74) is 1.02. The van der Waals surface area contributed by atoms with Crippen LogP contribution in [-0.4, -0.2) is 17.7 Å². The number of carbonyl (C=O) groups is 3. The smallest absolute Gasteiger partial charge is 0.251 e. The van der Waals surface area contributed by atoms with Crippen molar-refractivity contribution >= 4 is 23.4 Å². The first-order chi connectivity index (χ1) is 14.1. The maximum Gasteiger partial charge on any atom is 0.251 e. The van der Waals surface area contributed by atoms with Crippen molar-refractivity contribution in [2.75, 3.05) is 4.90 Å². The average molecular weight is 388 g/mol. The van der Waals surface area contributed by atoms with E-state index in [-0.39, 0.29) is 41.4 Å². The van der Waals surface area contributed by atoms with E-state index in [0.29, 0.717) is 35.4 Å². The van der Waals surface area contributed by atoms with Crippen molar-refractivity contribution in [3.05, 3.63) is 66.1 Å². The zero-order valence-corrected chi connectivity index (χ0v) is 15.7. The largest absolute Gasteiger partial charge is 0.467 e. The molecule has 2 aromatic rings. The third-order valence-electron chi connectivity index (χ3n) is 7.05. The van der Waals surface area contributed by atoms with E-state index in [4.69, 9.17) is 4.42 Å². The number of nitrogens with one attached hydrogen (secondary N) is 1. The van der Waals surface area contributed by atoms with Gasteiger partial charge in [0.05, 0.1) is 30.3 Å². The lowest BCUT2D eigenvalue weighted by Crippen LogP contribution is -2.40. The van der Waals surface area contributed by atoms with Gasteiger partial charge in [0, 0.05) is 5.56 Å². The normalized spacial score (nSPS) is 33.6. The highest BCUT2D eigenvalue weighted by Crippen LogP contribution is 2.65. The molecular weight excluding hydrogens is 368 g/mol. The molecule has 2 saturated carbocycles. The van der Waals surface area contributed by atoms with Gasteiger partial charge in [-0.05, 0) is 66.5 Å². The first-order valence-corrected chi connectivity index (χ1v) is 10.1. The Morgan fingerprint density at radius 2 is 1.66 bits per heavy atom. The van der Waals surface area contributed by atoms with Crippen molar-refractivity contribution in [2.45, 2.75) is 13.0 Å². The number of hydrogen-bond donors (Lipinski definition) is 1. The Morgan fingerprint density at radius 1 is 1.00 bits per heavy atom. The molecule has 6 heteroatoms. The van der Waals surface area contributed by atoms with Crippen molar-refractivity contribution in [1.29, 1.82) is 0 Å². The number of furan rings is 1. The molecule has 7 rings (SSSR count). The predicted molar refractivity (Wildman–Crippen MR) is 104 cm³/mol. The summed E-state index contributed by atoms with van der Waals surface area (Å²) in [7, 11) is 0. The number of hydrogen-bond acceptors (Lipinski definition) is 4. The summed E-state index contributed by atoms with van der Waals surface area (Å²) in [6.45, 7) is 0.304. The minimum atomic E-state index is -0.233. The molecule has 6 nitrogen and oxygen atoms in total. The molecule has 1 N–H and O–H groups in total. The Morgan fingerprint density at radius 3 is 2.24 bits per heavy atom. The molecule has 0 spiro atoms. The summed E-state index contributed by atoms with van der Waals surface area (Å²) in [6.07, 6.45) is 7.04. The second-order valence-corrected chi connectivity index (χ2v) is 8.48. The van der Waals surface area contributed by atoms with Gasteiger partial charge in [-0.1, -0.05) is 12.2 Å². The van der Waals surface area contributed by atoms with E-state index in [1.165, 1.54) is 4.90 Å². The second kappa shape index (κ2) is 5.92. The van der Waals surface area contributed by atoms with E-state index >= 15 is 0 Å². The number of anilines is 1. The number of nitrogens with zero attached hydrogens (tertiary/aromatic N) is 1. The summed E-state index contributed by atoms with van der Waals surface area (Å²) < 4.78 is 5.21. The minimum Gasteiger partial charge on any atom is -0.467 e. The molecule has 1 saturated heterocycles. The fourth-order valence-electron chi connectivity index (χ4n) is 5.66. The highest BCUT2D eigenvalue weighted by molar-refractivity contribution is 6.22. The third kappa shape index (κ3) is 2.38. The van der Waals surface area contributed by atoms with E-state index in [1.54, 1.807) is 42.7 Å². The number of amides is 3. The molecule has 3 fully saturated rings. The molecule has 6 atom stereocenters. The lowest BCUT2D eigenvalue weighted by Gasteiger charge is -2.37. The molecule has 29 heavy (non-hydrogen) atoms. The van der Waals surface area contributed by atoms with Gasteiger partial charge in [0.2, 0.25) is 11.8 Å². The Kier molecular flexibility index (Phi) is 3.43. The van der Waals surface area contributed by atoms with Crippen molar-refractivity contribution in [3.63, 3.8) is 0 Å². The zero-order chi connectivity index (χ0) is 19.7. The number of benzene rings is 1. The lowest BCUT2D eigenvalue weighted by molar-refractivity contribution is -0.124. The fraction of sp³-hybridized carbons (Fsp3) is 0.348. The van der Waals surface area contributed by atoms with Gasteiger partial charge in [0.15, 0.2) is 0 Å². The summed E-state index contributed by atoms with van der Waals surface area (Å²) in [5.74, 6) is 1.45. The van der Waals surface area contributed by atoms with Gasteiger partial charge in [-0.15, -0.1) is 0 Å². The number of allylic oxidation sites excluding steroid dienone is 2.